The number of amides is 5. The molecular weight excluding hydrogens is 250 g/mol. The molecule has 3 N–H and O–H groups in total. The fraction of sp³-hybridized carbons (Fsp3) is 0.667. The Kier molecular flexibility index (Phi) is 3.55. The molecule has 1 aliphatic carbocycles. The lowest BCUT2D eigenvalue weighted by Crippen LogP contribution is -2.63. The SMILES string of the molecule is NC(=O)CCCN1C(=O)NC(=O)C2(CCCC2)C1=O. The number of urea groups is 1. The van der Waals surface area contributed by atoms with E-state index in [1.807, 2.05) is 0 Å². The van der Waals surface area contributed by atoms with Crippen molar-refractivity contribution in [3.05, 3.63) is 0 Å². The van der Waals surface area contributed by atoms with Gasteiger partial charge in [0, 0.05) is 13.0 Å². The van der Waals surface area contributed by atoms with Crippen LogP contribution in [0.5, 0.6) is 0 Å². The van der Waals surface area contributed by atoms with Crippen LogP contribution in [0, 0.1) is 5.41 Å². The minimum absolute atomic E-state index is 0.109. The first-order valence-electron chi connectivity index (χ1n) is 6.43. The molecule has 0 unspecified atom stereocenters. The van der Waals surface area contributed by atoms with E-state index >= 15 is 0 Å². The van der Waals surface area contributed by atoms with E-state index in [1.165, 1.54) is 0 Å². The number of hydrogen-bond donors (Lipinski definition) is 2. The first-order chi connectivity index (χ1) is 8.97. The highest BCUT2D eigenvalue weighted by Crippen LogP contribution is 2.41. The lowest BCUT2D eigenvalue weighted by molar-refractivity contribution is -0.151. The zero-order chi connectivity index (χ0) is 14.0. The summed E-state index contributed by atoms with van der Waals surface area (Å²) in [4.78, 5) is 47.7. The van der Waals surface area contributed by atoms with Gasteiger partial charge >= 0.3 is 6.03 Å². The first-order valence-corrected chi connectivity index (χ1v) is 6.43. The van der Waals surface area contributed by atoms with Crippen LogP contribution in [-0.4, -0.2) is 35.2 Å². The zero-order valence-corrected chi connectivity index (χ0v) is 10.6. The first kappa shape index (κ1) is 13.5. The molecule has 0 aromatic carbocycles. The summed E-state index contributed by atoms with van der Waals surface area (Å²) in [6.07, 6.45) is 3.01. The Bertz CT molecular complexity index is 440. The van der Waals surface area contributed by atoms with Crippen molar-refractivity contribution in [1.29, 1.82) is 0 Å². The smallest absolute Gasteiger partial charge is 0.330 e. The Morgan fingerprint density at radius 1 is 1.26 bits per heavy atom. The van der Waals surface area contributed by atoms with Gasteiger partial charge < -0.3 is 5.73 Å². The van der Waals surface area contributed by atoms with Crippen LogP contribution in [0.3, 0.4) is 0 Å². The van der Waals surface area contributed by atoms with Gasteiger partial charge in [-0.3, -0.25) is 24.6 Å². The number of rotatable bonds is 4. The van der Waals surface area contributed by atoms with Crippen LogP contribution in [-0.2, 0) is 14.4 Å². The van der Waals surface area contributed by atoms with Gasteiger partial charge in [-0.15, -0.1) is 0 Å². The van der Waals surface area contributed by atoms with Crippen LogP contribution >= 0.6 is 0 Å². The molecule has 1 saturated heterocycles. The topological polar surface area (TPSA) is 110 Å². The molecule has 2 fully saturated rings. The van der Waals surface area contributed by atoms with E-state index in [4.69, 9.17) is 5.73 Å². The van der Waals surface area contributed by atoms with Crippen molar-refractivity contribution in [1.82, 2.24) is 10.2 Å². The third-order valence-electron chi connectivity index (χ3n) is 3.82. The van der Waals surface area contributed by atoms with E-state index in [1.54, 1.807) is 0 Å². The predicted octanol–water partition coefficient (Wildman–Crippen LogP) is -0.109. The summed E-state index contributed by atoms with van der Waals surface area (Å²) in [7, 11) is 0. The van der Waals surface area contributed by atoms with Gasteiger partial charge in [0.1, 0.15) is 5.41 Å². The fourth-order valence-electron chi connectivity index (χ4n) is 2.77. The van der Waals surface area contributed by atoms with Gasteiger partial charge in [-0.25, -0.2) is 4.79 Å². The van der Waals surface area contributed by atoms with Crippen molar-refractivity contribution in [3.8, 4) is 0 Å². The number of carbonyl (C=O) groups is 4. The van der Waals surface area contributed by atoms with Gasteiger partial charge in [-0.2, -0.15) is 0 Å². The lowest BCUT2D eigenvalue weighted by Gasteiger charge is -2.36. The number of imide groups is 2. The Morgan fingerprint density at radius 2 is 1.89 bits per heavy atom. The second-order valence-corrected chi connectivity index (χ2v) is 5.08. The molecule has 0 aromatic rings. The molecule has 1 aliphatic heterocycles. The minimum Gasteiger partial charge on any atom is -0.370 e. The van der Waals surface area contributed by atoms with E-state index in [9.17, 15) is 19.2 Å². The normalized spacial score (nSPS) is 21.9. The number of nitrogens with two attached hydrogens (primary N) is 1. The van der Waals surface area contributed by atoms with Crippen molar-refractivity contribution in [2.45, 2.75) is 38.5 Å². The molecular formula is C12H17N3O4. The van der Waals surface area contributed by atoms with Gasteiger partial charge in [0.25, 0.3) is 0 Å². The zero-order valence-electron chi connectivity index (χ0n) is 10.6. The average Bonchev–Trinajstić information content (AvgIpc) is 2.82. The quantitative estimate of drug-likeness (QED) is 0.692. The molecule has 0 atom stereocenters. The van der Waals surface area contributed by atoms with Crippen molar-refractivity contribution in [2.75, 3.05) is 6.54 Å². The Hall–Kier alpha value is -1.92. The summed E-state index contributed by atoms with van der Waals surface area (Å²) in [5.41, 5.74) is 3.95. The van der Waals surface area contributed by atoms with Gasteiger partial charge in [0.05, 0.1) is 0 Å². The number of nitrogens with zero attached hydrogens (tertiary/aromatic N) is 1. The molecule has 1 heterocycles. The Labute approximate surface area is 110 Å². The molecule has 7 heteroatoms. The van der Waals surface area contributed by atoms with Gasteiger partial charge in [-0.05, 0) is 19.3 Å². The highest BCUT2D eigenvalue weighted by atomic mass is 16.2. The maximum absolute atomic E-state index is 12.4. The maximum atomic E-state index is 12.4. The van der Waals surface area contributed by atoms with Gasteiger partial charge in [0.2, 0.25) is 17.7 Å². The van der Waals surface area contributed by atoms with E-state index in [-0.39, 0.29) is 13.0 Å². The second kappa shape index (κ2) is 4.99. The Balaban J connectivity index is 2.10. The second-order valence-electron chi connectivity index (χ2n) is 5.08. The molecule has 1 spiro atoms. The molecule has 0 bridgehead atoms. The monoisotopic (exact) mass is 267 g/mol. The fourth-order valence-corrected chi connectivity index (χ4v) is 2.77. The van der Waals surface area contributed by atoms with E-state index in [0.29, 0.717) is 19.3 Å². The number of barbiturate groups is 1. The van der Waals surface area contributed by atoms with E-state index in [2.05, 4.69) is 5.32 Å². The largest absolute Gasteiger partial charge is 0.370 e. The van der Waals surface area contributed by atoms with Crippen molar-refractivity contribution < 1.29 is 19.2 Å². The summed E-state index contributed by atoms with van der Waals surface area (Å²) < 4.78 is 0. The number of hydrogen-bond acceptors (Lipinski definition) is 4. The van der Waals surface area contributed by atoms with E-state index < -0.39 is 29.2 Å². The molecule has 0 radical (unpaired) electrons. The van der Waals surface area contributed by atoms with Crippen molar-refractivity contribution >= 4 is 23.8 Å². The molecule has 1 saturated carbocycles. The summed E-state index contributed by atoms with van der Waals surface area (Å²) >= 11 is 0. The van der Waals surface area contributed by atoms with Crippen LogP contribution in [0.2, 0.25) is 0 Å². The summed E-state index contributed by atoms with van der Waals surface area (Å²) in [6, 6.07) is -0.697. The highest BCUT2D eigenvalue weighted by molar-refractivity contribution is 6.19. The van der Waals surface area contributed by atoms with Crippen LogP contribution in [0.15, 0.2) is 0 Å². The number of carbonyl (C=O) groups excluding carboxylic acids is 4. The minimum atomic E-state index is -1.07. The Morgan fingerprint density at radius 3 is 2.47 bits per heavy atom. The molecule has 19 heavy (non-hydrogen) atoms. The molecule has 2 aliphatic rings. The number of primary amides is 1. The van der Waals surface area contributed by atoms with Gasteiger partial charge in [-0.1, -0.05) is 12.8 Å². The van der Waals surface area contributed by atoms with Crippen molar-refractivity contribution in [2.24, 2.45) is 11.1 Å². The summed E-state index contributed by atoms with van der Waals surface area (Å²) in [6.45, 7) is 0.114. The van der Waals surface area contributed by atoms with Gasteiger partial charge in [0.15, 0.2) is 0 Å². The van der Waals surface area contributed by atoms with Crippen LogP contribution in [0.1, 0.15) is 38.5 Å². The molecule has 2 rings (SSSR count). The maximum Gasteiger partial charge on any atom is 0.330 e. The van der Waals surface area contributed by atoms with Crippen LogP contribution < -0.4 is 11.1 Å². The highest BCUT2D eigenvalue weighted by Gasteiger charge is 2.54. The molecule has 5 amide bonds. The molecule has 0 aromatic heterocycles. The third kappa shape index (κ3) is 2.32. The molecule has 7 nitrogen and oxygen atoms in total. The average molecular weight is 267 g/mol. The molecule has 104 valence electrons. The van der Waals surface area contributed by atoms with Crippen LogP contribution in [0.4, 0.5) is 4.79 Å². The third-order valence-corrected chi connectivity index (χ3v) is 3.82. The number of nitrogens with one attached hydrogen (secondary N) is 1. The van der Waals surface area contributed by atoms with Crippen LogP contribution in [0.25, 0.3) is 0 Å². The summed E-state index contributed by atoms with van der Waals surface area (Å²) in [5, 5.41) is 2.24. The summed E-state index contributed by atoms with van der Waals surface area (Å²) in [5.74, 6) is -1.38. The lowest BCUT2D eigenvalue weighted by atomic mass is 9.82. The predicted molar refractivity (Wildman–Crippen MR) is 64.6 cm³/mol. The van der Waals surface area contributed by atoms with E-state index in [0.717, 1.165) is 17.7 Å². The standard InChI is InChI=1S/C12H17N3O4/c13-8(16)4-3-7-15-10(18)12(5-1-2-6-12)9(17)14-11(15)19/h1-7H2,(H2,13,16)(H,14,17,19). The van der Waals surface area contributed by atoms with Crippen molar-refractivity contribution in [3.63, 3.8) is 0 Å².